The number of alkyl halides is 5. The van der Waals surface area contributed by atoms with Crippen LogP contribution < -0.4 is 10.9 Å². The molecule has 182 valence electrons. The van der Waals surface area contributed by atoms with E-state index in [-0.39, 0.29) is 21.6 Å². The first kappa shape index (κ1) is 25.0. The minimum Gasteiger partial charge on any atom is -0.388 e. The van der Waals surface area contributed by atoms with Crippen LogP contribution in [0.2, 0.25) is 0 Å². The number of benzene rings is 1. The van der Waals surface area contributed by atoms with Crippen LogP contribution in [-0.4, -0.2) is 42.2 Å². The number of carbonyl (C=O) groups is 1. The molecule has 0 bridgehead atoms. The van der Waals surface area contributed by atoms with Crippen LogP contribution >= 0.6 is 0 Å². The summed E-state index contributed by atoms with van der Waals surface area (Å²) in [5.41, 5.74) is -3.83. The zero-order valence-corrected chi connectivity index (χ0v) is 18.1. The van der Waals surface area contributed by atoms with Crippen molar-refractivity contribution in [2.45, 2.75) is 45.1 Å². The standard InChI is InChI=1S/C21H20F5N5O3/c1-11(20(2,3)34)28-17(32)15-8-16(12-4-6-13(7-5-12)21(24,25)26)29-31(18(15)33)14-9-27-30(10-14)19(22)23/h4-11,19,34H,1-3H3,(H,28,32)/t11-/m0/s1. The first-order valence-electron chi connectivity index (χ1n) is 9.86. The maximum Gasteiger partial charge on any atom is 0.416 e. The lowest BCUT2D eigenvalue weighted by Gasteiger charge is -2.26. The van der Waals surface area contributed by atoms with Crippen LogP contribution in [0.3, 0.4) is 0 Å². The molecule has 1 amide bonds. The fraction of sp³-hybridized carbons (Fsp3) is 0.333. The normalized spacial score (nSPS) is 13.2. The van der Waals surface area contributed by atoms with E-state index in [2.05, 4.69) is 15.5 Å². The Kier molecular flexibility index (Phi) is 6.60. The van der Waals surface area contributed by atoms with Gasteiger partial charge in [0.2, 0.25) is 0 Å². The highest BCUT2D eigenvalue weighted by Crippen LogP contribution is 2.30. The predicted molar refractivity (Wildman–Crippen MR) is 111 cm³/mol. The Morgan fingerprint density at radius 3 is 2.26 bits per heavy atom. The quantitative estimate of drug-likeness (QED) is 0.521. The molecule has 0 fully saturated rings. The van der Waals surface area contributed by atoms with E-state index in [4.69, 9.17) is 0 Å². The second kappa shape index (κ2) is 8.97. The second-order valence-electron chi connectivity index (χ2n) is 8.04. The van der Waals surface area contributed by atoms with Gasteiger partial charge in [-0.25, -0.2) is 4.68 Å². The molecule has 2 N–H and O–H groups in total. The Labute approximate surface area is 189 Å². The molecule has 0 unspecified atom stereocenters. The number of amides is 1. The highest BCUT2D eigenvalue weighted by molar-refractivity contribution is 5.95. The number of halogens is 5. The molecule has 0 radical (unpaired) electrons. The molecule has 2 heterocycles. The number of carbonyl (C=O) groups excluding carboxylic acids is 1. The van der Waals surface area contributed by atoms with Gasteiger partial charge in [0.05, 0.1) is 35.3 Å². The smallest absolute Gasteiger partial charge is 0.388 e. The molecule has 0 aliphatic carbocycles. The van der Waals surface area contributed by atoms with Crippen LogP contribution in [0.15, 0.2) is 47.5 Å². The molecule has 1 aromatic carbocycles. The van der Waals surface area contributed by atoms with Crippen molar-refractivity contribution in [2.75, 3.05) is 0 Å². The molecule has 0 saturated heterocycles. The minimum absolute atomic E-state index is 0.0702. The molecule has 13 heteroatoms. The SMILES string of the molecule is C[C@H](NC(=O)c1cc(-c2ccc(C(F)(F)F)cc2)nn(-c2cnn(C(F)F)c2)c1=O)C(C)(C)O. The van der Waals surface area contributed by atoms with Gasteiger partial charge in [0.1, 0.15) is 11.3 Å². The average molecular weight is 485 g/mol. The van der Waals surface area contributed by atoms with Gasteiger partial charge in [-0.05, 0) is 39.0 Å². The number of hydrogen-bond donors (Lipinski definition) is 2. The zero-order valence-electron chi connectivity index (χ0n) is 18.1. The lowest BCUT2D eigenvalue weighted by atomic mass is 10.0. The van der Waals surface area contributed by atoms with Crippen molar-refractivity contribution < 1.29 is 31.9 Å². The van der Waals surface area contributed by atoms with E-state index in [1.54, 1.807) is 0 Å². The molecule has 34 heavy (non-hydrogen) atoms. The first-order chi connectivity index (χ1) is 15.7. The third-order valence-corrected chi connectivity index (χ3v) is 5.10. The number of rotatable bonds is 6. The van der Waals surface area contributed by atoms with Crippen LogP contribution in [0, 0.1) is 0 Å². The molecule has 0 aliphatic heterocycles. The van der Waals surface area contributed by atoms with Gasteiger partial charge in [-0.15, -0.1) is 0 Å². The summed E-state index contributed by atoms with van der Waals surface area (Å²) >= 11 is 0. The van der Waals surface area contributed by atoms with Crippen molar-refractivity contribution in [3.63, 3.8) is 0 Å². The number of aliphatic hydroxyl groups is 1. The monoisotopic (exact) mass is 485 g/mol. The van der Waals surface area contributed by atoms with Crippen molar-refractivity contribution in [3.05, 3.63) is 64.2 Å². The van der Waals surface area contributed by atoms with Gasteiger partial charge in [-0.1, -0.05) is 12.1 Å². The summed E-state index contributed by atoms with van der Waals surface area (Å²) in [4.78, 5) is 25.8. The average Bonchev–Trinajstić information content (AvgIpc) is 3.23. The van der Waals surface area contributed by atoms with E-state index in [9.17, 15) is 36.6 Å². The van der Waals surface area contributed by atoms with Crippen LogP contribution in [0.5, 0.6) is 0 Å². The fourth-order valence-electron chi connectivity index (χ4n) is 2.80. The lowest BCUT2D eigenvalue weighted by molar-refractivity contribution is -0.137. The van der Waals surface area contributed by atoms with Gasteiger partial charge in [-0.2, -0.15) is 36.8 Å². The maximum atomic E-state index is 13.0. The largest absolute Gasteiger partial charge is 0.416 e. The number of nitrogens with one attached hydrogen (secondary N) is 1. The van der Waals surface area contributed by atoms with E-state index in [0.29, 0.717) is 4.68 Å². The zero-order chi connectivity index (χ0) is 25.4. The van der Waals surface area contributed by atoms with E-state index >= 15 is 0 Å². The van der Waals surface area contributed by atoms with Crippen molar-refractivity contribution >= 4 is 5.91 Å². The predicted octanol–water partition coefficient (Wildman–Crippen LogP) is 3.40. The van der Waals surface area contributed by atoms with Crippen LogP contribution in [0.1, 0.15) is 43.2 Å². The summed E-state index contributed by atoms with van der Waals surface area (Å²) in [7, 11) is 0. The van der Waals surface area contributed by atoms with E-state index in [1.165, 1.54) is 20.8 Å². The van der Waals surface area contributed by atoms with Gasteiger partial charge < -0.3 is 10.4 Å². The number of hydrogen-bond acceptors (Lipinski definition) is 5. The van der Waals surface area contributed by atoms with Gasteiger partial charge >= 0.3 is 12.7 Å². The molecule has 3 aromatic rings. The number of aromatic nitrogens is 4. The maximum absolute atomic E-state index is 13.0. The van der Waals surface area contributed by atoms with E-state index < -0.39 is 47.0 Å². The van der Waals surface area contributed by atoms with Crippen molar-refractivity contribution in [3.8, 4) is 16.9 Å². The van der Waals surface area contributed by atoms with Crippen LogP contribution in [0.25, 0.3) is 16.9 Å². The lowest BCUT2D eigenvalue weighted by Crippen LogP contribution is -2.48. The summed E-state index contributed by atoms with van der Waals surface area (Å²) in [6.07, 6.45) is -2.82. The van der Waals surface area contributed by atoms with Gasteiger partial charge in [0, 0.05) is 5.56 Å². The molecule has 0 aliphatic rings. The summed E-state index contributed by atoms with van der Waals surface area (Å²) in [6, 6.07) is 4.09. The van der Waals surface area contributed by atoms with Crippen molar-refractivity contribution in [2.24, 2.45) is 0 Å². The molecule has 0 saturated carbocycles. The first-order valence-corrected chi connectivity index (χ1v) is 9.86. The third-order valence-electron chi connectivity index (χ3n) is 5.10. The topological polar surface area (TPSA) is 102 Å². The molecule has 2 aromatic heterocycles. The Morgan fingerprint density at radius 1 is 1.15 bits per heavy atom. The van der Waals surface area contributed by atoms with Gasteiger partial charge in [0.15, 0.2) is 0 Å². The highest BCUT2D eigenvalue weighted by atomic mass is 19.4. The Morgan fingerprint density at radius 2 is 1.76 bits per heavy atom. The Bertz CT molecular complexity index is 1240. The summed E-state index contributed by atoms with van der Waals surface area (Å²) in [5.74, 6) is -0.898. The second-order valence-corrected chi connectivity index (χ2v) is 8.04. The summed E-state index contributed by atoms with van der Waals surface area (Å²) < 4.78 is 65.6. The fourth-order valence-corrected chi connectivity index (χ4v) is 2.80. The van der Waals surface area contributed by atoms with Crippen LogP contribution in [-0.2, 0) is 6.18 Å². The van der Waals surface area contributed by atoms with Crippen molar-refractivity contribution in [1.82, 2.24) is 24.9 Å². The van der Waals surface area contributed by atoms with Gasteiger partial charge in [-0.3, -0.25) is 9.59 Å². The van der Waals surface area contributed by atoms with Crippen molar-refractivity contribution in [1.29, 1.82) is 0 Å². The minimum atomic E-state index is -4.58. The van der Waals surface area contributed by atoms with Gasteiger partial charge in [0.25, 0.3) is 11.5 Å². The molecule has 3 rings (SSSR count). The third kappa shape index (κ3) is 5.30. The summed E-state index contributed by atoms with van der Waals surface area (Å²) in [6.45, 7) is 1.38. The molecular formula is C21H20F5N5O3. The molecule has 1 atom stereocenters. The Hall–Kier alpha value is -3.61. The molecule has 8 nitrogen and oxygen atoms in total. The van der Waals surface area contributed by atoms with Crippen LogP contribution in [0.4, 0.5) is 22.0 Å². The van der Waals surface area contributed by atoms with E-state index in [0.717, 1.165) is 42.7 Å². The number of nitrogens with zero attached hydrogens (tertiary/aromatic N) is 4. The molecular weight excluding hydrogens is 465 g/mol. The molecule has 0 spiro atoms. The Balaban J connectivity index is 2.15. The van der Waals surface area contributed by atoms with E-state index in [1.807, 2.05) is 0 Å². The highest BCUT2D eigenvalue weighted by Gasteiger charge is 2.30. The summed E-state index contributed by atoms with van der Waals surface area (Å²) in [5, 5.41) is 20.0.